The lowest BCUT2D eigenvalue weighted by atomic mass is 10.0. The van der Waals surface area contributed by atoms with Gasteiger partial charge < -0.3 is 25.0 Å². The zero-order chi connectivity index (χ0) is 45.0. The van der Waals surface area contributed by atoms with Gasteiger partial charge in [0.15, 0.2) is 5.78 Å². The number of ketones is 1. The molecule has 1 saturated carbocycles. The summed E-state index contributed by atoms with van der Waals surface area (Å²) in [4.78, 5) is 76.0. The van der Waals surface area contributed by atoms with Gasteiger partial charge in [0, 0.05) is 44.5 Å². The fourth-order valence-corrected chi connectivity index (χ4v) is 8.80. The summed E-state index contributed by atoms with van der Waals surface area (Å²) in [5.74, 6) is -2.63. The topological polar surface area (TPSA) is 198 Å². The van der Waals surface area contributed by atoms with Crippen LogP contribution in [0.3, 0.4) is 0 Å². The molecular formula is C45H61N7O9S. The van der Waals surface area contributed by atoms with Gasteiger partial charge in [0.2, 0.25) is 11.8 Å². The summed E-state index contributed by atoms with van der Waals surface area (Å²) in [5.41, 5.74) is 0.378. The number of carbonyl (C=O) groups is 5. The monoisotopic (exact) mass is 875 g/mol. The lowest BCUT2D eigenvalue weighted by Gasteiger charge is -2.30. The number of nitrogens with one attached hydrogen (secondary N) is 3. The minimum absolute atomic E-state index is 0.0164. The maximum Gasteiger partial charge on any atom is 0.408 e. The number of para-hydroxylation sites is 1. The molecule has 1 aliphatic carbocycles. The molecule has 2 aliphatic heterocycles. The first-order valence-corrected chi connectivity index (χ1v) is 23.0. The molecule has 3 aromatic rings. The van der Waals surface area contributed by atoms with Gasteiger partial charge in [0.25, 0.3) is 11.9 Å². The Morgan fingerprint density at radius 1 is 1.03 bits per heavy atom. The van der Waals surface area contributed by atoms with Crippen molar-refractivity contribution < 1.29 is 41.9 Å². The van der Waals surface area contributed by atoms with Crippen LogP contribution in [-0.2, 0) is 35.8 Å². The van der Waals surface area contributed by atoms with E-state index in [1.54, 1.807) is 26.8 Å². The smallest absolute Gasteiger partial charge is 0.408 e. The van der Waals surface area contributed by atoms with Gasteiger partial charge in [-0.3, -0.25) is 23.7 Å². The fourth-order valence-electron chi connectivity index (χ4n) is 8.20. The Kier molecular flexibility index (Phi) is 14.2. The molecule has 1 saturated heterocycles. The predicted molar refractivity (Wildman–Crippen MR) is 233 cm³/mol. The SMILES string of the molecule is CC(C)n1c(O[C@@H]2C[C@H]3C(=O)N[C@]4(C(=O)NS(=O)(=O)N(C)C)C[C@H]4/C=C\CCCCC[C@H](NC(=O)OC(C)(C)C)C(=O)N3C2)nc2c(C(=O)CCCc3ccccc3)cccc21. The van der Waals surface area contributed by atoms with Gasteiger partial charge >= 0.3 is 16.3 Å². The van der Waals surface area contributed by atoms with E-state index >= 15 is 0 Å². The second-order valence-electron chi connectivity index (χ2n) is 18.0. The van der Waals surface area contributed by atoms with Crippen molar-refractivity contribution in [2.75, 3.05) is 20.6 Å². The third kappa shape index (κ3) is 10.8. The minimum atomic E-state index is -4.20. The molecule has 5 atom stereocenters. The van der Waals surface area contributed by atoms with Gasteiger partial charge in [-0.2, -0.15) is 17.7 Å². The highest BCUT2D eigenvalue weighted by molar-refractivity contribution is 7.87. The number of hydrogen-bond donors (Lipinski definition) is 3. The highest BCUT2D eigenvalue weighted by Crippen LogP contribution is 2.46. The number of benzene rings is 2. The van der Waals surface area contributed by atoms with Gasteiger partial charge in [-0.05, 0) is 90.8 Å². The molecule has 6 rings (SSSR count). The average molecular weight is 876 g/mol. The second-order valence-corrected chi connectivity index (χ2v) is 19.9. The lowest BCUT2D eigenvalue weighted by Crippen LogP contribution is -2.58. The van der Waals surface area contributed by atoms with Crippen LogP contribution in [0.15, 0.2) is 60.7 Å². The van der Waals surface area contributed by atoms with Gasteiger partial charge in [-0.25, -0.2) is 9.52 Å². The maximum absolute atomic E-state index is 14.7. The largest absolute Gasteiger partial charge is 0.459 e. The summed E-state index contributed by atoms with van der Waals surface area (Å²) in [7, 11) is -1.62. The summed E-state index contributed by atoms with van der Waals surface area (Å²) < 4.78 is 42.6. The van der Waals surface area contributed by atoms with Crippen molar-refractivity contribution in [1.29, 1.82) is 0 Å². The van der Waals surface area contributed by atoms with E-state index in [0.29, 0.717) is 42.3 Å². The Labute approximate surface area is 364 Å². The standard InChI is InChI=1S/C45H61N7O9S/c1-29(2)52-35-24-17-22-33(37(53)25-16-20-30-18-12-11-13-19-30)38(35)47-42(52)60-32-26-36-39(54)48-45(41(56)49-62(58,59)50(6)7)27-31(45)21-14-9-8-10-15-23-34(40(55)51(36)28-32)46-43(57)61-44(3,4)5/h11-14,17-19,21-22,24,29,31-32,34,36H,8-10,15-16,20,23,25-28H2,1-7H3,(H,46,57)(H,48,54)(H,49,56)/b21-14-/t31-,32-,34+,36+,45-/m1/s1. The molecule has 0 bridgehead atoms. The number of nitrogens with zero attached hydrogens (tertiary/aromatic N) is 4. The van der Waals surface area contributed by atoms with Crippen LogP contribution in [0, 0.1) is 5.92 Å². The van der Waals surface area contributed by atoms with E-state index in [0.717, 1.165) is 29.1 Å². The van der Waals surface area contributed by atoms with Crippen LogP contribution in [0.2, 0.25) is 0 Å². The van der Waals surface area contributed by atoms with Crippen LogP contribution < -0.4 is 20.1 Å². The van der Waals surface area contributed by atoms with Crippen molar-refractivity contribution in [2.45, 2.75) is 134 Å². The molecule has 1 aromatic heterocycles. The highest BCUT2D eigenvalue weighted by atomic mass is 32.2. The molecule has 2 fully saturated rings. The number of alkyl carbamates (subject to hydrolysis) is 1. The Morgan fingerprint density at radius 2 is 1.77 bits per heavy atom. The molecule has 4 amide bonds. The average Bonchev–Trinajstić information content (AvgIpc) is 3.51. The molecule has 62 heavy (non-hydrogen) atoms. The highest BCUT2D eigenvalue weighted by Gasteiger charge is 2.62. The summed E-state index contributed by atoms with van der Waals surface area (Å²) in [6.45, 7) is 9.01. The summed E-state index contributed by atoms with van der Waals surface area (Å²) in [6, 6.07) is 13.3. The number of aromatic nitrogens is 2. The van der Waals surface area contributed by atoms with Gasteiger partial charge in [0.05, 0.1) is 12.1 Å². The molecule has 3 aliphatic rings. The molecular weight excluding hydrogens is 815 g/mol. The minimum Gasteiger partial charge on any atom is -0.459 e. The van der Waals surface area contributed by atoms with Crippen LogP contribution >= 0.6 is 0 Å². The molecule has 3 heterocycles. The molecule has 336 valence electrons. The number of rotatable bonds is 12. The first kappa shape index (κ1) is 46.2. The molecule has 0 unspecified atom stereocenters. The Balaban J connectivity index is 1.31. The summed E-state index contributed by atoms with van der Waals surface area (Å²) in [6.07, 6.45) is 7.09. The van der Waals surface area contributed by atoms with Crippen LogP contribution in [0.4, 0.5) is 4.79 Å². The normalized spacial score (nSPS) is 24.0. The predicted octanol–water partition coefficient (Wildman–Crippen LogP) is 5.38. The lowest BCUT2D eigenvalue weighted by molar-refractivity contribution is -0.141. The van der Waals surface area contributed by atoms with Crippen molar-refractivity contribution in [2.24, 2.45) is 5.92 Å². The van der Waals surface area contributed by atoms with Crippen molar-refractivity contribution >= 4 is 50.8 Å². The van der Waals surface area contributed by atoms with Crippen LogP contribution in [0.1, 0.15) is 114 Å². The molecule has 3 N–H and O–H groups in total. The fraction of sp³-hybridized carbons (Fsp3) is 0.556. The zero-order valence-corrected chi connectivity index (χ0v) is 37.6. The Hall–Kier alpha value is -5.29. The Bertz CT molecular complexity index is 2290. The molecule has 17 heteroatoms. The van der Waals surface area contributed by atoms with E-state index in [-0.39, 0.29) is 43.6 Å². The first-order chi connectivity index (χ1) is 29.3. The van der Waals surface area contributed by atoms with Crippen LogP contribution in [-0.4, -0.2) is 107 Å². The number of allylic oxidation sites excluding steroid dienone is 1. The van der Waals surface area contributed by atoms with E-state index in [1.165, 1.54) is 19.0 Å². The van der Waals surface area contributed by atoms with E-state index in [9.17, 15) is 32.4 Å². The molecule has 0 radical (unpaired) electrons. The quantitative estimate of drug-likeness (QED) is 0.157. The zero-order valence-electron chi connectivity index (χ0n) is 36.8. The van der Waals surface area contributed by atoms with E-state index in [2.05, 4.69) is 15.4 Å². The third-order valence-electron chi connectivity index (χ3n) is 11.5. The van der Waals surface area contributed by atoms with E-state index in [1.807, 2.05) is 73.0 Å². The Morgan fingerprint density at radius 3 is 2.47 bits per heavy atom. The second kappa shape index (κ2) is 19.0. The number of carbonyl (C=O) groups excluding carboxylic acids is 5. The number of Topliss-reactive ketones (excluding diaryl/α,β-unsaturated/α-hetero) is 1. The number of imidazole rings is 1. The number of hydrogen-bond acceptors (Lipinski definition) is 10. The van der Waals surface area contributed by atoms with E-state index in [4.69, 9.17) is 14.5 Å². The number of ether oxygens (including phenoxy) is 2. The van der Waals surface area contributed by atoms with Crippen molar-refractivity contribution in [1.82, 2.24) is 34.1 Å². The molecule has 2 aromatic carbocycles. The summed E-state index contributed by atoms with van der Waals surface area (Å²) >= 11 is 0. The third-order valence-corrected chi connectivity index (χ3v) is 12.9. The maximum atomic E-state index is 14.7. The summed E-state index contributed by atoms with van der Waals surface area (Å²) in [5, 5.41) is 5.60. The van der Waals surface area contributed by atoms with Gasteiger partial charge in [-0.15, -0.1) is 0 Å². The number of aryl methyl sites for hydroxylation is 1. The van der Waals surface area contributed by atoms with Crippen LogP contribution in [0.25, 0.3) is 11.0 Å². The van der Waals surface area contributed by atoms with Crippen molar-refractivity contribution in [3.63, 3.8) is 0 Å². The molecule has 0 spiro atoms. The van der Waals surface area contributed by atoms with Crippen molar-refractivity contribution in [3.8, 4) is 6.01 Å². The van der Waals surface area contributed by atoms with Crippen molar-refractivity contribution in [3.05, 3.63) is 71.8 Å². The van der Waals surface area contributed by atoms with Crippen LogP contribution in [0.5, 0.6) is 6.01 Å². The van der Waals surface area contributed by atoms with E-state index < -0.39 is 69.3 Å². The van der Waals surface area contributed by atoms with Gasteiger partial charge in [-0.1, -0.05) is 61.4 Å². The number of amides is 4. The first-order valence-electron chi connectivity index (χ1n) is 21.6. The van der Waals surface area contributed by atoms with Gasteiger partial charge in [0.1, 0.15) is 34.8 Å². The molecule has 16 nitrogen and oxygen atoms in total. The number of fused-ring (bicyclic) bond motifs is 3.